The van der Waals surface area contributed by atoms with Crippen molar-refractivity contribution in [1.82, 2.24) is 15.3 Å². The van der Waals surface area contributed by atoms with Crippen LogP contribution >= 0.6 is 11.3 Å². The van der Waals surface area contributed by atoms with E-state index in [4.69, 9.17) is 0 Å². The fourth-order valence-corrected chi connectivity index (χ4v) is 4.33. The van der Waals surface area contributed by atoms with Crippen LogP contribution in [0.15, 0.2) is 54.9 Å². The maximum atomic E-state index is 12.5. The SMILES string of the molecule is O=C(NCCc1ccncc1)c1nc2c(s1)CCCN2Cc1ccccc1. The lowest BCUT2D eigenvalue weighted by atomic mass is 10.1. The van der Waals surface area contributed by atoms with E-state index in [9.17, 15) is 4.79 Å². The summed E-state index contributed by atoms with van der Waals surface area (Å²) in [7, 11) is 0. The average molecular weight is 379 g/mol. The summed E-state index contributed by atoms with van der Waals surface area (Å²) < 4.78 is 0. The smallest absolute Gasteiger partial charge is 0.280 e. The Morgan fingerprint density at radius 1 is 1.11 bits per heavy atom. The Morgan fingerprint density at radius 3 is 2.74 bits per heavy atom. The molecule has 0 unspecified atom stereocenters. The average Bonchev–Trinajstić information content (AvgIpc) is 3.15. The molecule has 4 rings (SSSR count). The summed E-state index contributed by atoms with van der Waals surface area (Å²) in [6.07, 6.45) is 6.44. The van der Waals surface area contributed by atoms with Crippen LogP contribution < -0.4 is 10.2 Å². The number of thiazole rings is 1. The van der Waals surface area contributed by atoms with E-state index in [1.165, 1.54) is 21.8 Å². The summed E-state index contributed by atoms with van der Waals surface area (Å²) in [5.41, 5.74) is 2.43. The molecule has 1 aromatic carbocycles. The molecule has 0 radical (unpaired) electrons. The predicted octanol–water partition coefficient (Wildman–Crippen LogP) is 3.46. The van der Waals surface area contributed by atoms with Crippen molar-refractivity contribution in [2.24, 2.45) is 0 Å². The van der Waals surface area contributed by atoms with Crippen LogP contribution in [0.3, 0.4) is 0 Å². The van der Waals surface area contributed by atoms with E-state index in [1.807, 2.05) is 18.2 Å². The number of benzene rings is 1. The van der Waals surface area contributed by atoms with Gasteiger partial charge in [-0.05, 0) is 42.5 Å². The minimum Gasteiger partial charge on any atom is -0.351 e. The molecule has 0 aliphatic carbocycles. The van der Waals surface area contributed by atoms with E-state index in [2.05, 4.69) is 44.5 Å². The zero-order chi connectivity index (χ0) is 18.5. The molecule has 0 bridgehead atoms. The van der Waals surface area contributed by atoms with Crippen LogP contribution in [0.4, 0.5) is 5.82 Å². The van der Waals surface area contributed by atoms with E-state index in [1.54, 1.807) is 12.4 Å². The zero-order valence-electron chi connectivity index (χ0n) is 15.1. The summed E-state index contributed by atoms with van der Waals surface area (Å²) in [6.45, 7) is 2.41. The molecule has 2 aromatic heterocycles. The van der Waals surface area contributed by atoms with Crippen LogP contribution in [0.25, 0.3) is 0 Å². The van der Waals surface area contributed by atoms with Gasteiger partial charge in [0.2, 0.25) is 0 Å². The van der Waals surface area contributed by atoms with Gasteiger partial charge in [0.05, 0.1) is 0 Å². The first-order valence-corrected chi connectivity index (χ1v) is 10.1. The van der Waals surface area contributed by atoms with Gasteiger partial charge in [-0.15, -0.1) is 11.3 Å². The number of aromatic nitrogens is 2. The third kappa shape index (κ3) is 4.34. The summed E-state index contributed by atoms with van der Waals surface area (Å²) in [4.78, 5) is 24.7. The number of hydrogen-bond acceptors (Lipinski definition) is 5. The molecular weight excluding hydrogens is 356 g/mol. The Labute approximate surface area is 163 Å². The molecule has 1 N–H and O–H groups in total. The molecule has 1 amide bonds. The first-order chi connectivity index (χ1) is 13.3. The number of aryl methyl sites for hydroxylation is 1. The number of nitrogens with zero attached hydrogens (tertiary/aromatic N) is 3. The van der Waals surface area contributed by atoms with Gasteiger partial charge in [-0.25, -0.2) is 4.98 Å². The normalized spacial score (nSPS) is 13.3. The second-order valence-corrected chi connectivity index (χ2v) is 7.72. The van der Waals surface area contributed by atoms with E-state index in [0.717, 1.165) is 43.7 Å². The lowest BCUT2D eigenvalue weighted by molar-refractivity contribution is 0.0954. The molecular formula is C21H22N4OS. The molecule has 0 saturated heterocycles. The fraction of sp³-hybridized carbons (Fsp3) is 0.286. The predicted molar refractivity (Wildman–Crippen MR) is 108 cm³/mol. The Balaban J connectivity index is 1.40. The number of carbonyl (C=O) groups is 1. The highest BCUT2D eigenvalue weighted by molar-refractivity contribution is 7.14. The van der Waals surface area contributed by atoms with Gasteiger partial charge in [-0.3, -0.25) is 9.78 Å². The molecule has 5 nitrogen and oxygen atoms in total. The van der Waals surface area contributed by atoms with Crippen molar-refractivity contribution in [3.8, 4) is 0 Å². The minimum absolute atomic E-state index is 0.0804. The van der Waals surface area contributed by atoms with Gasteiger partial charge in [-0.2, -0.15) is 0 Å². The number of fused-ring (bicyclic) bond motifs is 1. The van der Waals surface area contributed by atoms with Gasteiger partial charge in [0, 0.05) is 36.9 Å². The number of anilines is 1. The standard InChI is InChI=1S/C21H22N4OS/c26-20(23-13-10-16-8-11-22-12-9-16)21-24-19-18(27-21)7-4-14-25(19)15-17-5-2-1-3-6-17/h1-3,5-6,8-9,11-12H,4,7,10,13-15H2,(H,23,26). The van der Waals surface area contributed by atoms with Crippen molar-refractivity contribution in [1.29, 1.82) is 0 Å². The lowest BCUT2D eigenvalue weighted by Gasteiger charge is -2.27. The van der Waals surface area contributed by atoms with E-state index in [0.29, 0.717) is 11.6 Å². The molecule has 0 spiro atoms. The van der Waals surface area contributed by atoms with Crippen molar-refractivity contribution < 1.29 is 4.79 Å². The topological polar surface area (TPSA) is 58.1 Å². The first-order valence-electron chi connectivity index (χ1n) is 9.25. The molecule has 3 aromatic rings. The molecule has 1 aliphatic heterocycles. The van der Waals surface area contributed by atoms with E-state index >= 15 is 0 Å². The number of amides is 1. The van der Waals surface area contributed by atoms with E-state index < -0.39 is 0 Å². The number of nitrogens with one attached hydrogen (secondary N) is 1. The molecule has 0 atom stereocenters. The van der Waals surface area contributed by atoms with Crippen LogP contribution in [-0.2, 0) is 19.4 Å². The fourth-order valence-electron chi connectivity index (χ4n) is 3.29. The zero-order valence-corrected chi connectivity index (χ0v) is 15.9. The summed E-state index contributed by atoms with van der Waals surface area (Å²) in [5, 5.41) is 3.56. The lowest BCUT2D eigenvalue weighted by Crippen LogP contribution is -2.29. The highest BCUT2D eigenvalue weighted by Gasteiger charge is 2.24. The van der Waals surface area contributed by atoms with Crippen molar-refractivity contribution in [3.63, 3.8) is 0 Å². The quantitative estimate of drug-likeness (QED) is 0.714. The van der Waals surface area contributed by atoms with Gasteiger partial charge in [-0.1, -0.05) is 30.3 Å². The molecule has 138 valence electrons. The maximum absolute atomic E-state index is 12.5. The number of rotatable bonds is 6. The maximum Gasteiger partial charge on any atom is 0.280 e. The van der Waals surface area contributed by atoms with Crippen LogP contribution in [0.2, 0.25) is 0 Å². The van der Waals surface area contributed by atoms with Crippen LogP contribution in [0, 0.1) is 0 Å². The third-order valence-corrected chi connectivity index (χ3v) is 5.77. The Hall–Kier alpha value is -2.73. The highest BCUT2D eigenvalue weighted by atomic mass is 32.1. The minimum atomic E-state index is -0.0804. The number of carbonyl (C=O) groups excluding carboxylic acids is 1. The van der Waals surface area contributed by atoms with Crippen molar-refractivity contribution >= 4 is 23.1 Å². The summed E-state index contributed by atoms with van der Waals surface area (Å²) >= 11 is 1.53. The molecule has 0 fully saturated rings. The van der Waals surface area contributed by atoms with Crippen molar-refractivity contribution in [2.45, 2.75) is 25.8 Å². The second-order valence-electron chi connectivity index (χ2n) is 6.64. The highest BCUT2D eigenvalue weighted by Crippen LogP contribution is 2.32. The van der Waals surface area contributed by atoms with Crippen LogP contribution in [0.5, 0.6) is 0 Å². The molecule has 0 saturated carbocycles. The largest absolute Gasteiger partial charge is 0.351 e. The Bertz CT molecular complexity index is 895. The summed E-state index contributed by atoms with van der Waals surface area (Å²) in [5.74, 6) is 0.900. The van der Waals surface area contributed by atoms with Gasteiger partial charge in [0.25, 0.3) is 5.91 Å². The number of pyridine rings is 1. The molecule has 3 heterocycles. The van der Waals surface area contributed by atoms with Gasteiger partial charge >= 0.3 is 0 Å². The Kier molecular flexibility index (Phi) is 5.44. The summed E-state index contributed by atoms with van der Waals surface area (Å²) in [6, 6.07) is 14.3. The monoisotopic (exact) mass is 378 g/mol. The van der Waals surface area contributed by atoms with Gasteiger partial charge in [0.1, 0.15) is 5.82 Å². The molecule has 6 heteroatoms. The van der Waals surface area contributed by atoms with Crippen molar-refractivity contribution in [3.05, 3.63) is 75.9 Å². The first kappa shape index (κ1) is 17.7. The Morgan fingerprint density at radius 2 is 1.93 bits per heavy atom. The second kappa shape index (κ2) is 8.31. The molecule has 27 heavy (non-hydrogen) atoms. The number of hydrogen-bond donors (Lipinski definition) is 1. The van der Waals surface area contributed by atoms with Crippen LogP contribution in [-0.4, -0.2) is 29.0 Å². The van der Waals surface area contributed by atoms with Crippen LogP contribution in [0.1, 0.15) is 32.2 Å². The third-order valence-electron chi connectivity index (χ3n) is 4.67. The van der Waals surface area contributed by atoms with Crippen molar-refractivity contribution in [2.75, 3.05) is 18.0 Å². The molecule has 1 aliphatic rings. The van der Waals surface area contributed by atoms with Gasteiger partial charge < -0.3 is 10.2 Å². The van der Waals surface area contributed by atoms with Gasteiger partial charge in [0.15, 0.2) is 5.01 Å². The van der Waals surface area contributed by atoms with E-state index in [-0.39, 0.29) is 5.91 Å².